The van der Waals surface area contributed by atoms with Gasteiger partial charge in [-0.15, -0.1) is 11.3 Å². The van der Waals surface area contributed by atoms with Gasteiger partial charge in [0.05, 0.1) is 5.69 Å². The van der Waals surface area contributed by atoms with Crippen LogP contribution < -0.4 is 0 Å². The third-order valence-corrected chi connectivity index (χ3v) is 3.96. The van der Waals surface area contributed by atoms with Gasteiger partial charge in [0.25, 0.3) is 0 Å². The summed E-state index contributed by atoms with van der Waals surface area (Å²) in [6.07, 6.45) is 4.80. The predicted molar refractivity (Wildman–Crippen MR) is 81.6 cm³/mol. The molecule has 0 unspecified atom stereocenters. The van der Waals surface area contributed by atoms with Crippen LogP contribution in [0.5, 0.6) is 0 Å². The number of hydrogen-bond donors (Lipinski definition) is 0. The first kappa shape index (κ1) is 13.3. The molecule has 0 saturated heterocycles. The van der Waals surface area contributed by atoms with Crippen LogP contribution in [0.1, 0.15) is 20.7 Å². The minimum absolute atomic E-state index is 0.378. The first-order chi connectivity index (χ1) is 10.3. The molecule has 0 saturated carbocycles. The zero-order chi connectivity index (χ0) is 14.7. The molecule has 0 aliphatic heterocycles. The van der Waals surface area contributed by atoms with Crippen LogP contribution in [0.15, 0.2) is 48.1 Å². The van der Waals surface area contributed by atoms with Gasteiger partial charge in [-0.1, -0.05) is 12.1 Å². The zero-order valence-corrected chi connectivity index (χ0v) is 11.7. The van der Waals surface area contributed by atoms with Crippen LogP contribution in [0.25, 0.3) is 21.8 Å². The van der Waals surface area contributed by atoms with Gasteiger partial charge in [0.2, 0.25) is 0 Å². The van der Waals surface area contributed by atoms with E-state index >= 15 is 0 Å². The van der Waals surface area contributed by atoms with Crippen LogP contribution in [-0.2, 0) is 0 Å². The summed E-state index contributed by atoms with van der Waals surface area (Å²) in [6.45, 7) is 0. The number of carbonyl (C=O) groups is 2. The van der Waals surface area contributed by atoms with Gasteiger partial charge in [0.1, 0.15) is 5.01 Å². The van der Waals surface area contributed by atoms with Gasteiger partial charge in [-0.2, -0.15) is 0 Å². The van der Waals surface area contributed by atoms with Crippen molar-refractivity contribution in [3.05, 3.63) is 59.2 Å². The van der Waals surface area contributed by atoms with E-state index in [9.17, 15) is 9.59 Å². The molecule has 0 bridgehead atoms. The second-order valence-corrected chi connectivity index (χ2v) is 5.21. The zero-order valence-electron chi connectivity index (χ0n) is 10.9. The Labute approximate surface area is 125 Å². The molecule has 3 aromatic rings. The molecular formula is C16H10N2O2S. The van der Waals surface area contributed by atoms with Crippen molar-refractivity contribution in [1.29, 1.82) is 0 Å². The minimum atomic E-state index is 0.378. The molecule has 102 valence electrons. The molecule has 2 heterocycles. The number of aldehydes is 2. The molecule has 2 aromatic heterocycles. The van der Waals surface area contributed by atoms with Crippen molar-refractivity contribution < 1.29 is 9.59 Å². The average Bonchev–Trinajstić information content (AvgIpc) is 3.05. The van der Waals surface area contributed by atoms with E-state index in [1.165, 1.54) is 11.3 Å². The lowest BCUT2D eigenvalue weighted by Gasteiger charge is -2.00. The van der Waals surface area contributed by atoms with Gasteiger partial charge < -0.3 is 0 Å². The maximum absolute atomic E-state index is 11.0. The first-order valence-electron chi connectivity index (χ1n) is 6.22. The number of carbonyl (C=O) groups excluding carboxylic acids is 2. The number of nitrogens with zero attached hydrogens (tertiary/aromatic N) is 2. The van der Waals surface area contributed by atoms with E-state index in [1.807, 2.05) is 17.5 Å². The Kier molecular flexibility index (Phi) is 3.66. The first-order valence-corrected chi connectivity index (χ1v) is 7.10. The predicted octanol–water partition coefficient (Wildman–Crippen LogP) is 3.50. The van der Waals surface area contributed by atoms with Gasteiger partial charge in [0.15, 0.2) is 12.6 Å². The standard InChI is InChI=1S/C16H10N2O2S/c19-8-13-2-1-12(7-14(13)9-20)16-18-15(10-21-16)11-3-5-17-6-4-11/h1-10H. The number of thiazole rings is 1. The van der Waals surface area contributed by atoms with Crippen LogP contribution in [-0.4, -0.2) is 22.5 Å². The highest BCUT2D eigenvalue weighted by Gasteiger charge is 2.09. The van der Waals surface area contributed by atoms with Crippen molar-refractivity contribution in [1.82, 2.24) is 9.97 Å². The normalized spacial score (nSPS) is 10.3. The molecule has 3 rings (SSSR count). The maximum atomic E-state index is 11.0. The molecule has 0 aliphatic carbocycles. The van der Waals surface area contributed by atoms with Gasteiger partial charge in [-0.25, -0.2) is 4.98 Å². The summed E-state index contributed by atoms with van der Waals surface area (Å²) in [5.41, 5.74) is 3.45. The van der Waals surface area contributed by atoms with Crippen LogP contribution in [0.4, 0.5) is 0 Å². The molecule has 0 atom stereocenters. The van der Waals surface area contributed by atoms with Gasteiger partial charge >= 0.3 is 0 Å². The summed E-state index contributed by atoms with van der Waals surface area (Å²) in [6, 6.07) is 8.91. The highest BCUT2D eigenvalue weighted by atomic mass is 32.1. The largest absolute Gasteiger partial charge is 0.298 e. The van der Waals surface area contributed by atoms with E-state index in [0.29, 0.717) is 23.7 Å². The van der Waals surface area contributed by atoms with E-state index in [4.69, 9.17) is 0 Å². The highest BCUT2D eigenvalue weighted by Crippen LogP contribution is 2.29. The molecule has 0 N–H and O–H groups in total. The number of aromatic nitrogens is 2. The lowest BCUT2D eigenvalue weighted by molar-refractivity contribution is 0.109. The monoisotopic (exact) mass is 294 g/mol. The fourth-order valence-corrected chi connectivity index (χ4v) is 2.80. The molecule has 0 radical (unpaired) electrons. The van der Waals surface area contributed by atoms with Crippen molar-refractivity contribution in [3.8, 4) is 21.8 Å². The van der Waals surface area contributed by atoms with Crippen molar-refractivity contribution >= 4 is 23.9 Å². The fraction of sp³-hybridized carbons (Fsp3) is 0. The minimum Gasteiger partial charge on any atom is -0.298 e. The van der Waals surface area contributed by atoms with Crippen molar-refractivity contribution in [2.24, 2.45) is 0 Å². The van der Waals surface area contributed by atoms with Crippen molar-refractivity contribution in [3.63, 3.8) is 0 Å². The fourth-order valence-electron chi connectivity index (χ4n) is 1.98. The second kappa shape index (κ2) is 5.76. The molecule has 4 nitrogen and oxygen atoms in total. The summed E-state index contributed by atoms with van der Waals surface area (Å²) < 4.78 is 0. The molecule has 0 spiro atoms. The lowest BCUT2D eigenvalue weighted by atomic mass is 10.1. The number of hydrogen-bond acceptors (Lipinski definition) is 5. The molecule has 0 amide bonds. The van der Waals surface area contributed by atoms with Crippen molar-refractivity contribution in [2.75, 3.05) is 0 Å². The van der Waals surface area contributed by atoms with Gasteiger partial charge in [-0.05, 0) is 18.2 Å². The third-order valence-electron chi connectivity index (χ3n) is 3.07. The van der Waals surface area contributed by atoms with E-state index in [-0.39, 0.29) is 0 Å². The van der Waals surface area contributed by atoms with Gasteiger partial charge in [0, 0.05) is 40.0 Å². The Hall–Kier alpha value is -2.66. The molecule has 1 aromatic carbocycles. The van der Waals surface area contributed by atoms with E-state index < -0.39 is 0 Å². The van der Waals surface area contributed by atoms with E-state index in [1.54, 1.807) is 30.6 Å². The topological polar surface area (TPSA) is 59.9 Å². The highest BCUT2D eigenvalue weighted by molar-refractivity contribution is 7.13. The Balaban J connectivity index is 2.00. The molecule has 0 aliphatic rings. The van der Waals surface area contributed by atoms with Crippen LogP contribution in [0.2, 0.25) is 0 Å². The molecule has 21 heavy (non-hydrogen) atoms. The summed E-state index contributed by atoms with van der Waals surface area (Å²) in [4.78, 5) is 30.4. The van der Waals surface area contributed by atoms with Gasteiger partial charge in [-0.3, -0.25) is 14.6 Å². The second-order valence-electron chi connectivity index (χ2n) is 4.35. The average molecular weight is 294 g/mol. The molecule has 0 fully saturated rings. The number of pyridine rings is 1. The number of rotatable bonds is 4. The SMILES string of the molecule is O=Cc1ccc(-c2nc(-c3ccncc3)cs2)cc1C=O. The van der Waals surface area contributed by atoms with Crippen molar-refractivity contribution in [2.45, 2.75) is 0 Å². The Morgan fingerprint density at radius 1 is 0.905 bits per heavy atom. The quantitative estimate of drug-likeness (QED) is 0.691. The summed E-state index contributed by atoms with van der Waals surface area (Å²) in [5, 5.41) is 2.76. The number of benzene rings is 1. The maximum Gasteiger partial charge on any atom is 0.150 e. The molecular weight excluding hydrogens is 284 g/mol. The van der Waals surface area contributed by atoms with E-state index in [2.05, 4.69) is 9.97 Å². The summed E-state index contributed by atoms with van der Waals surface area (Å²) >= 11 is 1.49. The Morgan fingerprint density at radius 2 is 1.67 bits per heavy atom. The summed E-state index contributed by atoms with van der Waals surface area (Å²) in [7, 11) is 0. The Morgan fingerprint density at radius 3 is 2.38 bits per heavy atom. The van der Waals surface area contributed by atoms with Crippen LogP contribution >= 0.6 is 11.3 Å². The summed E-state index contributed by atoms with van der Waals surface area (Å²) in [5.74, 6) is 0. The lowest BCUT2D eigenvalue weighted by Crippen LogP contribution is -1.91. The van der Waals surface area contributed by atoms with Crippen LogP contribution in [0.3, 0.4) is 0 Å². The Bertz CT molecular complexity index is 797. The third kappa shape index (κ3) is 2.64. The van der Waals surface area contributed by atoms with Crippen LogP contribution in [0, 0.1) is 0 Å². The van der Waals surface area contributed by atoms with E-state index in [0.717, 1.165) is 21.8 Å². The smallest absolute Gasteiger partial charge is 0.150 e. The molecule has 5 heteroatoms.